The second-order valence-corrected chi connectivity index (χ2v) is 7.68. The molecule has 0 bridgehead atoms. The minimum atomic E-state index is 0.468. The summed E-state index contributed by atoms with van der Waals surface area (Å²) in [6, 6.07) is 15.5. The summed E-state index contributed by atoms with van der Waals surface area (Å²) in [4.78, 5) is 2.62. The summed E-state index contributed by atoms with van der Waals surface area (Å²) in [5.41, 5.74) is 5.35. The molecule has 0 aliphatic carbocycles. The fourth-order valence-electron chi connectivity index (χ4n) is 4.18. The molecule has 4 heteroatoms. The Bertz CT molecular complexity index is 859. The number of benzene rings is 1. The van der Waals surface area contributed by atoms with Gasteiger partial charge in [0.15, 0.2) is 0 Å². The van der Waals surface area contributed by atoms with Crippen molar-refractivity contribution in [3.05, 3.63) is 77.4 Å². The molecule has 0 N–H and O–H groups in total. The fourth-order valence-corrected chi connectivity index (χ4v) is 4.18. The molecule has 1 unspecified atom stereocenters. The van der Waals surface area contributed by atoms with Crippen molar-refractivity contribution in [1.29, 1.82) is 0 Å². The zero-order valence-corrected chi connectivity index (χ0v) is 16.0. The first-order valence-corrected chi connectivity index (χ1v) is 9.58. The molecule has 3 heterocycles. The summed E-state index contributed by atoms with van der Waals surface area (Å²) in [5, 5.41) is 4.67. The molecule has 2 aromatic heterocycles. The zero-order valence-electron chi connectivity index (χ0n) is 16.0. The van der Waals surface area contributed by atoms with E-state index < -0.39 is 0 Å². The third-order valence-corrected chi connectivity index (χ3v) is 5.57. The quantitative estimate of drug-likeness (QED) is 0.689. The number of hydrogen-bond acceptors (Lipinski definition) is 2. The van der Waals surface area contributed by atoms with Crippen molar-refractivity contribution in [2.24, 2.45) is 5.92 Å². The van der Waals surface area contributed by atoms with Crippen molar-refractivity contribution in [3.8, 4) is 0 Å². The zero-order chi connectivity index (χ0) is 18.1. The molecule has 4 nitrogen and oxygen atoms in total. The monoisotopic (exact) mass is 348 g/mol. The van der Waals surface area contributed by atoms with E-state index in [2.05, 4.69) is 94.9 Å². The Balaban J connectivity index is 1.54. The molecule has 0 saturated heterocycles. The van der Waals surface area contributed by atoms with Crippen LogP contribution in [0.3, 0.4) is 0 Å². The number of hydrogen-bond donors (Lipinski definition) is 0. The van der Waals surface area contributed by atoms with E-state index in [1.807, 2.05) is 0 Å². The molecule has 3 aromatic rings. The Labute approximate surface area is 156 Å². The van der Waals surface area contributed by atoms with Crippen molar-refractivity contribution >= 4 is 0 Å². The van der Waals surface area contributed by atoms with E-state index in [1.165, 1.54) is 22.5 Å². The molecule has 1 aromatic carbocycles. The third kappa shape index (κ3) is 3.21. The van der Waals surface area contributed by atoms with Gasteiger partial charge in [0.25, 0.3) is 0 Å². The van der Waals surface area contributed by atoms with Gasteiger partial charge >= 0.3 is 0 Å². The summed E-state index contributed by atoms with van der Waals surface area (Å²) in [7, 11) is 0. The van der Waals surface area contributed by atoms with Gasteiger partial charge in [0.05, 0.1) is 18.8 Å². The van der Waals surface area contributed by atoms with E-state index >= 15 is 0 Å². The first kappa shape index (κ1) is 17.1. The van der Waals surface area contributed by atoms with E-state index in [-0.39, 0.29) is 0 Å². The van der Waals surface area contributed by atoms with Crippen LogP contribution in [0.15, 0.2) is 54.9 Å². The summed E-state index contributed by atoms with van der Waals surface area (Å²) >= 11 is 0. The van der Waals surface area contributed by atoms with Crippen molar-refractivity contribution in [1.82, 2.24) is 19.2 Å². The van der Waals surface area contributed by atoms with E-state index in [1.54, 1.807) is 0 Å². The van der Waals surface area contributed by atoms with Crippen LogP contribution in [0.5, 0.6) is 0 Å². The molecular weight excluding hydrogens is 320 g/mol. The highest BCUT2D eigenvalue weighted by atomic mass is 15.3. The molecular formula is C22H28N4. The van der Waals surface area contributed by atoms with Gasteiger partial charge in [-0.2, -0.15) is 5.10 Å². The van der Waals surface area contributed by atoms with Crippen LogP contribution in [-0.2, 0) is 19.6 Å². The van der Waals surface area contributed by atoms with E-state index in [0.717, 1.165) is 26.2 Å². The maximum Gasteiger partial charge on any atom is 0.0662 e. The highest BCUT2D eigenvalue weighted by Crippen LogP contribution is 2.33. The molecule has 136 valence electrons. The minimum absolute atomic E-state index is 0.468. The molecule has 0 amide bonds. The summed E-state index contributed by atoms with van der Waals surface area (Å²) in [6.45, 7) is 10.8. The van der Waals surface area contributed by atoms with E-state index in [9.17, 15) is 0 Å². The highest BCUT2D eigenvalue weighted by molar-refractivity contribution is 5.22. The van der Waals surface area contributed by atoms with Crippen LogP contribution in [0.25, 0.3) is 0 Å². The number of fused-ring (bicyclic) bond motifs is 1. The molecule has 26 heavy (non-hydrogen) atoms. The van der Waals surface area contributed by atoms with Gasteiger partial charge < -0.3 is 4.57 Å². The maximum atomic E-state index is 4.67. The number of aromatic nitrogens is 3. The first-order valence-electron chi connectivity index (χ1n) is 9.58. The fraction of sp³-hybridized carbons (Fsp3) is 0.409. The lowest BCUT2D eigenvalue weighted by molar-refractivity contribution is 0.111. The SMILES string of the molecule is Cc1c(CN2CCn3cccc3C2C(C)C)cnn1Cc1ccccc1. The average molecular weight is 348 g/mol. The van der Waals surface area contributed by atoms with E-state index in [4.69, 9.17) is 0 Å². The first-order chi connectivity index (χ1) is 12.6. The predicted octanol–water partition coefficient (Wildman–Crippen LogP) is 4.25. The highest BCUT2D eigenvalue weighted by Gasteiger charge is 2.30. The molecule has 1 atom stereocenters. The van der Waals surface area contributed by atoms with Gasteiger partial charge in [-0.3, -0.25) is 9.58 Å². The summed E-state index contributed by atoms with van der Waals surface area (Å²) in [6.07, 6.45) is 4.27. The summed E-state index contributed by atoms with van der Waals surface area (Å²) < 4.78 is 4.54. The number of nitrogens with zero attached hydrogens (tertiary/aromatic N) is 4. The number of rotatable bonds is 5. The Morgan fingerprint density at radius 2 is 1.85 bits per heavy atom. The molecule has 1 aliphatic heterocycles. The van der Waals surface area contributed by atoms with Crippen LogP contribution in [0, 0.1) is 12.8 Å². The van der Waals surface area contributed by atoms with Gasteiger partial charge in [-0.15, -0.1) is 0 Å². The standard InChI is InChI=1S/C22H28N4/c1-17(2)22-21-10-7-11-24(21)12-13-25(22)16-20-14-23-26(18(20)3)15-19-8-5-4-6-9-19/h4-11,14,17,22H,12-13,15-16H2,1-3H3. The van der Waals surface area contributed by atoms with Crippen molar-refractivity contribution in [3.63, 3.8) is 0 Å². The van der Waals surface area contributed by atoms with Gasteiger partial charge in [0.2, 0.25) is 0 Å². The van der Waals surface area contributed by atoms with Gasteiger partial charge in [-0.1, -0.05) is 44.2 Å². The topological polar surface area (TPSA) is 26.0 Å². The van der Waals surface area contributed by atoms with Gasteiger partial charge in [-0.25, -0.2) is 0 Å². The minimum Gasteiger partial charge on any atom is -0.349 e. The normalized spacial score (nSPS) is 17.6. The molecule has 4 rings (SSSR count). The Morgan fingerprint density at radius 3 is 2.62 bits per heavy atom. The lowest BCUT2D eigenvalue weighted by Gasteiger charge is -2.39. The molecule has 0 radical (unpaired) electrons. The summed E-state index contributed by atoms with van der Waals surface area (Å²) in [5.74, 6) is 0.587. The second-order valence-electron chi connectivity index (χ2n) is 7.68. The van der Waals surface area contributed by atoms with E-state index in [0.29, 0.717) is 12.0 Å². The van der Waals surface area contributed by atoms with Crippen LogP contribution >= 0.6 is 0 Å². The second kappa shape index (κ2) is 7.12. The molecule has 0 fully saturated rings. The molecule has 0 saturated carbocycles. The van der Waals surface area contributed by atoms with Crippen LogP contribution in [0.4, 0.5) is 0 Å². The van der Waals surface area contributed by atoms with Crippen LogP contribution < -0.4 is 0 Å². The Hall–Kier alpha value is -2.33. The van der Waals surface area contributed by atoms with Gasteiger partial charge in [0.1, 0.15) is 0 Å². The maximum absolute atomic E-state index is 4.67. The molecule has 1 aliphatic rings. The van der Waals surface area contributed by atoms with Gasteiger partial charge in [-0.05, 0) is 30.5 Å². The molecule has 0 spiro atoms. The van der Waals surface area contributed by atoms with Crippen molar-refractivity contribution in [2.45, 2.75) is 46.4 Å². The average Bonchev–Trinajstić information content (AvgIpc) is 3.24. The Kier molecular flexibility index (Phi) is 4.68. The van der Waals surface area contributed by atoms with Crippen LogP contribution in [0.2, 0.25) is 0 Å². The predicted molar refractivity (Wildman–Crippen MR) is 105 cm³/mol. The lowest BCUT2D eigenvalue weighted by atomic mass is 9.96. The van der Waals surface area contributed by atoms with Crippen LogP contribution in [0.1, 0.15) is 42.4 Å². The smallest absolute Gasteiger partial charge is 0.0662 e. The van der Waals surface area contributed by atoms with Crippen LogP contribution in [-0.4, -0.2) is 25.8 Å². The van der Waals surface area contributed by atoms with Gasteiger partial charge in [0, 0.05) is 42.8 Å². The Morgan fingerprint density at radius 1 is 1.04 bits per heavy atom. The lowest BCUT2D eigenvalue weighted by Crippen LogP contribution is -2.39. The largest absolute Gasteiger partial charge is 0.349 e. The third-order valence-electron chi connectivity index (χ3n) is 5.57. The van der Waals surface area contributed by atoms with Crippen molar-refractivity contribution in [2.75, 3.05) is 6.54 Å². The van der Waals surface area contributed by atoms with Crippen molar-refractivity contribution < 1.29 is 0 Å².